The van der Waals surface area contributed by atoms with E-state index in [1.54, 1.807) is 17.4 Å². The molecule has 1 unspecified atom stereocenters. The van der Waals surface area contributed by atoms with E-state index in [1.165, 1.54) is 5.56 Å². The van der Waals surface area contributed by atoms with Crippen LogP contribution in [0.3, 0.4) is 0 Å². The van der Waals surface area contributed by atoms with Gasteiger partial charge in [-0.3, -0.25) is 14.8 Å². The average Bonchev–Trinajstić information content (AvgIpc) is 3.18. The third-order valence-electron chi connectivity index (χ3n) is 5.20. The van der Waals surface area contributed by atoms with Crippen molar-refractivity contribution in [2.45, 2.75) is 39.7 Å². The van der Waals surface area contributed by atoms with Crippen LogP contribution in [0.15, 0.2) is 60.0 Å². The number of aryl methyl sites for hydroxylation is 1. The van der Waals surface area contributed by atoms with Crippen molar-refractivity contribution in [2.75, 3.05) is 0 Å². The average molecular weight is 372 g/mol. The maximum atomic E-state index is 12.9. The first kappa shape index (κ1) is 18.3. The SMILES string of the molecule is CCc1ccc(C2=NN(C(=O)C(C)C)C(c3ccc4nccnc4c3)C2)cc1. The zero-order chi connectivity index (χ0) is 19.7. The molecule has 1 aliphatic heterocycles. The van der Waals surface area contributed by atoms with E-state index in [4.69, 9.17) is 5.10 Å². The van der Waals surface area contributed by atoms with Gasteiger partial charge in [-0.15, -0.1) is 0 Å². The molecule has 1 amide bonds. The Labute approximate surface area is 165 Å². The van der Waals surface area contributed by atoms with Gasteiger partial charge in [-0.1, -0.05) is 51.1 Å². The van der Waals surface area contributed by atoms with E-state index in [2.05, 4.69) is 41.2 Å². The van der Waals surface area contributed by atoms with Crippen molar-refractivity contribution in [1.29, 1.82) is 0 Å². The maximum Gasteiger partial charge on any atom is 0.245 e. The number of hydrazone groups is 1. The topological polar surface area (TPSA) is 58.5 Å². The fraction of sp³-hybridized carbons (Fsp3) is 0.304. The number of aromatic nitrogens is 2. The van der Waals surface area contributed by atoms with Gasteiger partial charge >= 0.3 is 0 Å². The highest BCUT2D eigenvalue weighted by Crippen LogP contribution is 2.34. The van der Waals surface area contributed by atoms with Crippen molar-refractivity contribution in [3.63, 3.8) is 0 Å². The van der Waals surface area contributed by atoms with Crippen LogP contribution in [0.2, 0.25) is 0 Å². The lowest BCUT2D eigenvalue weighted by Crippen LogP contribution is -2.30. The molecule has 0 fully saturated rings. The zero-order valence-corrected chi connectivity index (χ0v) is 16.5. The Morgan fingerprint density at radius 1 is 1.07 bits per heavy atom. The molecule has 1 aliphatic rings. The number of benzene rings is 2. The lowest BCUT2D eigenvalue weighted by Gasteiger charge is -2.23. The normalized spacial score (nSPS) is 16.6. The molecular weight excluding hydrogens is 348 g/mol. The van der Waals surface area contributed by atoms with Gasteiger partial charge < -0.3 is 0 Å². The third kappa shape index (κ3) is 3.40. The van der Waals surface area contributed by atoms with Gasteiger partial charge in [-0.05, 0) is 35.2 Å². The van der Waals surface area contributed by atoms with Crippen LogP contribution in [0, 0.1) is 5.92 Å². The molecule has 3 aromatic rings. The lowest BCUT2D eigenvalue weighted by molar-refractivity contribution is -0.136. The molecule has 1 aromatic heterocycles. The van der Waals surface area contributed by atoms with Gasteiger partial charge in [0, 0.05) is 24.7 Å². The second kappa shape index (κ2) is 7.50. The van der Waals surface area contributed by atoms with Crippen LogP contribution in [-0.4, -0.2) is 26.6 Å². The second-order valence-electron chi connectivity index (χ2n) is 7.46. The van der Waals surface area contributed by atoms with Gasteiger partial charge in [0.1, 0.15) is 0 Å². The van der Waals surface area contributed by atoms with Crippen LogP contribution in [0.5, 0.6) is 0 Å². The van der Waals surface area contributed by atoms with Crippen molar-refractivity contribution >= 4 is 22.7 Å². The Balaban J connectivity index is 1.71. The molecule has 2 heterocycles. The first-order valence-electron chi connectivity index (χ1n) is 9.77. The minimum absolute atomic E-state index is 0.0319. The van der Waals surface area contributed by atoms with Crippen molar-refractivity contribution in [3.05, 3.63) is 71.5 Å². The van der Waals surface area contributed by atoms with Gasteiger partial charge in [-0.2, -0.15) is 5.10 Å². The van der Waals surface area contributed by atoms with E-state index in [9.17, 15) is 4.79 Å². The van der Waals surface area contributed by atoms with Gasteiger partial charge in [0.15, 0.2) is 0 Å². The number of hydrogen-bond acceptors (Lipinski definition) is 4. The quantitative estimate of drug-likeness (QED) is 0.676. The van der Waals surface area contributed by atoms with Crippen LogP contribution in [0.1, 0.15) is 49.9 Å². The molecule has 0 radical (unpaired) electrons. The molecule has 142 valence electrons. The Kier molecular flexibility index (Phi) is 4.90. The molecule has 0 saturated heterocycles. The summed E-state index contributed by atoms with van der Waals surface area (Å²) < 4.78 is 0. The number of carbonyl (C=O) groups is 1. The molecule has 5 nitrogen and oxygen atoms in total. The molecule has 5 heteroatoms. The molecule has 0 spiro atoms. The summed E-state index contributed by atoms with van der Waals surface area (Å²) in [7, 11) is 0. The molecule has 0 N–H and O–H groups in total. The van der Waals surface area contributed by atoms with E-state index in [1.807, 2.05) is 32.0 Å². The predicted octanol–water partition coefficient (Wildman–Crippen LogP) is 4.53. The standard InChI is InChI=1S/C23H24N4O/c1-4-16-5-7-17(8-6-16)20-14-22(27(26-20)23(28)15(2)3)18-9-10-19-21(13-18)25-12-11-24-19/h5-13,15,22H,4,14H2,1-3H3. The molecule has 1 atom stereocenters. The lowest BCUT2D eigenvalue weighted by atomic mass is 9.97. The van der Waals surface area contributed by atoms with E-state index in [0.717, 1.165) is 34.3 Å². The van der Waals surface area contributed by atoms with Crippen molar-refractivity contribution in [2.24, 2.45) is 11.0 Å². The van der Waals surface area contributed by atoms with Gasteiger partial charge in [0.05, 0.1) is 22.8 Å². The molecule has 28 heavy (non-hydrogen) atoms. The summed E-state index contributed by atoms with van der Waals surface area (Å²) in [5.41, 5.74) is 6.02. The summed E-state index contributed by atoms with van der Waals surface area (Å²) in [4.78, 5) is 21.6. The van der Waals surface area contributed by atoms with Crippen LogP contribution in [0.25, 0.3) is 11.0 Å². The molecule has 2 aromatic carbocycles. The summed E-state index contributed by atoms with van der Waals surface area (Å²) in [6, 6.07) is 14.4. The summed E-state index contributed by atoms with van der Waals surface area (Å²) in [6.07, 6.45) is 5.07. The van der Waals surface area contributed by atoms with Crippen molar-refractivity contribution < 1.29 is 4.79 Å². The van der Waals surface area contributed by atoms with Gasteiger partial charge in [0.25, 0.3) is 0 Å². The van der Waals surface area contributed by atoms with Crippen LogP contribution in [0.4, 0.5) is 0 Å². The maximum absolute atomic E-state index is 12.9. The number of carbonyl (C=O) groups excluding carboxylic acids is 1. The number of rotatable bonds is 4. The number of fused-ring (bicyclic) bond motifs is 1. The highest BCUT2D eigenvalue weighted by Gasteiger charge is 2.34. The van der Waals surface area contributed by atoms with E-state index < -0.39 is 0 Å². The first-order valence-corrected chi connectivity index (χ1v) is 9.77. The minimum Gasteiger partial charge on any atom is -0.273 e. The Hall–Kier alpha value is -3.08. The predicted molar refractivity (Wildman–Crippen MR) is 111 cm³/mol. The summed E-state index contributed by atoms with van der Waals surface area (Å²) in [5, 5.41) is 6.40. The fourth-order valence-electron chi connectivity index (χ4n) is 3.53. The van der Waals surface area contributed by atoms with Crippen LogP contribution < -0.4 is 0 Å². The Morgan fingerprint density at radius 2 is 1.79 bits per heavy atom. The molecule has 0 saturated carbocycles. The first-order chi connectivity index (χ1) is 13.6. The van der Waals surface area contributed by atoms with E-state index >= 15 is 0 Å². The zero-order valence-electron chi connectivity index (χ0n) is 16.5. The summed E-state index contributed by atoms with van der Waals surface area (Å²) in [5.74, 6) is -0.0854. The van der Waals surface area contributed by atoms with Crippen molar-refractivity contribution in [3.8, 4) is 0 Å². The van der Waals surface area contributed by atoms with Crippen LogP contribution >= 0.6 is 0 Å². The molecule has 4 rings (SSSR count). The molecular formula is C23H24N4O. The number of amides is 1. The third-order valence-corrected chi connectivity index (χ3v) is 5.20. The Bertz CT molecular complexity index is 1040. The highest BCUT2D eigenvalue weighted by molar-refractivity contribution is 6.03. The fourth-order valence-corrected chi connectivity index (χ4v) is 3.53. The summed E-state index contributed by atoms with van der Waals surface area (Å²) >= 11 is 0. The van der Waals surface area contributed by atoms with Gasteiger partial charge in [-0.25, -0.2) is 5.01 Å². The molecule has 0 bridgehead atoms. The number of hydrogen-bond donors (Lipinski definition) is 0. The molecule has 0 aliphatic carbocycles. The van der Waals surface area contributed by atoms with E-state index in [-0.39, 0.29) is 17.9 Å². The monoisotopic (exact) mass is 372 g/mol. The smallest absolute Gasteiger partial charge is 0.245 e. The highest BCUT2D eigenvalue weighted by atomic mass is 16.2. The van der Waals surface area contributed by atoms with E-state index in [0.29, 0.717) is 6.42 Å². The summed E-state index contributed by atoms with van der Waals surface area (Å²) in [6.45, 7) is 5.97. The van der Waals surface area contributed by atoms with Crippen LogP contribution in [-0.2, 0) is 11.2 Å². The van der Waals surface area contributed by atoms with Gasteiger partial charge in [0.2, 0.25) is 5.91 Å². The minimum atomic E-state index is -0.123. The largest absolute Gasteiger partial charge is 0.273 e. The Morgan fingerprint density at radius 3 is 2.46 bits per heavy atom. The van der Waals surface area contributed by atoms with Crippen molar-refractivity contribution in [1.82, 2.24) is 15.0 Å². The number of nitrogens with zero attached hydrogens (tertiary/aromatic N) is 4. The second-order valence-corrected chi connectivity index (χ2v) is 7.46.